The molecule has 2 aromatic rings. The highest BCUT2D eigenvalue weighted by atomic mass is 32.1. The minimum atomic E-state index is 0.663. The van der Waals surface area contributed by atoms with Crippen molar-refractivity contribution in [2.75, 3.05) is 6.54 Å². The summed E-state index contributed by atoms with van der Waals surface area (Å²) < 4.78 is 0. The van der Waals surface area contributed by atoms with Crippen molar-refractivity contribution in [3.05, 3.63) is 40.4 Å². The maximum Gasteiger partial charge on any atom is 0.123 e. The summed E-state index contributed by atoms with van der Waals surface area (Å²) in [6, 6.07) is 6.47. The third kappa shape index (κ3) is 2.31. The van der Waals surface area contributed by atoms with E-state index in [9.17, 15) is 0 Å². The fourth-order valence-corrected chi connectivity index (χ4v) is 2.43. The molecule has 1 aromatic heterocycles. The molecule has 0 aliphatic carbocycles. The fraction of sp³-hybridized carbons (Fsp3) is 0.308. The Morgan fingerprint density at radius 3 is 2.75 bits per heavy atom. The van der Waals surface area contributed by atoms with Gasteiger partial charge in [0.05, 0.1) is 5.69 Å². The number of benzene rings is 1. The minimum Gasteiger partial charge on any atom is -0.330 e. The van der Waals surface area contributed by atoms with E-state index in [0.29, 0.717) is 6.54 Å². The second-order valence-corrected chi connectivity index (χ2v) is 4.84. The average Bonchev–Trinajstić information content (AvgIpc) is 2.71. The van der Waals surface area contributed by atoms with Gasteiger partial charge in [-0.1, -0.05) is 12.1 Å². The van der Waals surface area contributed by atoms with Crippen LogP contribution in [0.4, 0.5) is 0 Å². The molecule has 0 saturated carbocycles. The highest BCUT2D eigenvalue weighted by Crippen LogP contribution is 2.25. The van der Waals surface area contributed by atoms with Crippen molar-refractivity contribution in [3.63, 3.8) is 0 Å². The molecule has 0 fully saturated rings. The molecule has 3 heteroatoms. The van der Waals surface area contributed by atoms with Gasteiger partial charge in [-0.15, -0.1) is 11.3 Å². The normalized spacial score (nSPS) is 10.7. The van der Waals surface area contributed by atoms with E-state index in [1.807, 2.05) is 0 Å². The maximum atomic E-state index is 5.52. The molecule has 0 amide bonds. The Kier molecular flexibility index (Phi) is 3.36. The molecule has 0 atom stereocenters. The quantitative estimate of drug-likeness (QED) is 0.883. The first-order valence-corrected chi connectivity index (χ1v) is 6.31. The Hall–Kier alpha value is -1.19. The molecule has 1 heterocycles. The number of hydrogen-bond donors (Lipinski definition) is 1. The summed E-state index contributed by atoms with van der Waals surface area (Å²) >= 11 is 1.69. The van der Waals surface area contributed by atoms with Gasteiger partial charge in [0, 0.05) is 17.4 Å². The third-order valence-electron chi connectivity index (χ3n) is 2.71. The molecule has 0 aliphatic rings. The standard InChI is InChI=1S/C13H16N2S/c1-9-3-4-11(7-10(9)2)13-15-12(5-6-14)8-16-13/h3-4,7-8H,5-6,14H2,1-2H3. The Morgan fingerprint density at radius 1 is 1.25 bits per heavy atom. The molecule has 0 unspecified atom stereocenters. The number of hydrogen-bond acceptors (Lipinski definition) is 3. The van der Waals surface area contributed by atoms with Crippen molar-refractivity contribution in [1.29, 1.82) is 0 Å². The van der Waals surface area contributed by atoms with Gasteiger partial charge in [0.15, 0.2) is 0 Å². The van der Waals surface area contributed by atoms with Crippen LogP contribution in [0, 0.1) is 13.8 Å². The summed E-state index contributed by atoms with van der Waals surface area (Å²) in [6.45, 7) is 4.92. The third-order valence-corrected chi connectivity index (χ3v) is 3.65. The number of aryl methyl sites for hydroxylation is 2. The fourth-order valence-electron chi connectivity index (χ4n) is 1.58. The van der Waals surface area contributed by atoms with E-state index in [1.165, 1.54) is 16.7 Å². The molecule has 2 nitrogen and oxygen atoms in total. The maximum absolute atomic E-state index is 5.52. The summed E-state index contributed by atoms with van der Waals surface area (Å²) in [7, 11) is 0. The summed E-state index contributed by atoms with van der Waals surface area (Å²) in [4.78, 5) is 4.58. The molecule has 2 N–H and O–H groups in total. The zero-order chi connectivity index (χ0) is 11.5. The summed E-state index contributed by atoms with van der Waals surface area (Å²) in [6.07, 6.45) is 0.862. The van der Waals surface area contributed by atoms with Gasteiger partial charge in [0.25, 0.3) is 0 Å². The van der Waals surface area contributed by atoms with Crippen LogP contribution in [-0.4, -0.2) is 11.5 Å². The average molecular weight is 232 g/mol. The number of rotatable bonds is 3. The van der Waals surface area contributed by atoms with Gasteiger partial charge in [-0.3, -0.25) is 0 Å². The second kappa shape index (κ2) is 4.76. The van der Waals surface area contributed by atoms with Gasteiger partial charge in [-0.05, 0) is 37.6 Å². The Morgan fingerprint density at radius 2 is 2.06 bits per heavy atom. The molecule has 0 radical (unpaired) electrons. The van der Waals surface area contributed by atoms with E-state index < -0.39 is 0 Å². The number of nitrogens with zero attached hydrogens (tertiary/aromatic N) is 1. The number of nitrogens with two attached hydrogens (primary N) is 1. The van der Waals surface area contributed by atoms with E-state index in [-0.39, 0.29) is 0 Å². The molecule has 1 aromatic carbocycles. The topological polar surface area (TPSA) is 38.9 Å². The van der Waals surface area contributed by atoms with E-state index in [0.717, 1.165) is 17.1 Å². The van der Waals surface area contributed by atoms with Crippen LogP contribution in [0.5, 0.6) is 0 Å². The van der Waals surface area contributed by atoms with Gasteiger partial charge < -0.3 is 5.73 Å². The number of thiazole rings is 1. The smallest absolute Gasteiger partial charge is 0.123 e. The lowest BCUT2D eigenvalue weighted by Gasteiger charge is -2.01. The van der Waals surface area contributed by atoms with Gasteiger partial charge in [0.2, 0.25) is 0 Å². The van der Waals surface area contributed by atoms with Crippen molar-refractivity contribution in [3.8, 4) is 10.6 Å². The van der Waals surface area contributed by atoms with Crippen molar-refractivity contribution < 1.29 is 0 Å². The van der Waals surface area contributed by atoms with E-state index in [1.54, 1.807) is 11.3 Å². The second-order valence-electron chi connectivity index (χ2n) is 3.98. The highest BCUT2D eigenvalue weighted by molar-refractivity contribution is 7.13. The first kappa shape index (κ1) is 11.3. The molecule has 0 saturated heterocycles. The van der Waals surface area contributed by atoms with Crippen molar-refractivity contribution in [1.82, 2.24) is 4.98 Å². The van der Waals surface area contributed by atoms with Crippen LogP contribution in [0.25, 0.3) is 10.6 Å². The lowest BCUT2D eigenvalue weighted by atomic mass is 10.1. The molecular weight excluding hydrogens is 216 g/mol. The highest BCUT2D eigenvalue weighted by Gasteiger charge is 2.05. The first-order chi connectivity index (χ1) is 7.70. The van der Waals surface area contributed by atoms with Gasteiger partial charge in [-0.2, -0.15) is 0 Å². The summed E-state index contributed by atoms with van der Waals surface area (Å²) in [5.74, 6) is 0. The van der Waals surface area contributed by atoms with E-state index >= 15 is 0 Å². The molecule has 0 bridgehead atoms. The molecule has 0 aliphatic heterocycles. The largest absolute Gasteiger partial charge is 0.330 e. The minimum absolute atomic E-state index is 0.663. The van der Waals surface area contributed by atoms with Crippen LogP contribution < -0.4 is 5.73 Å². The summed E-state index contributed by atoms with van der Waals surface area (Å²) in [5, 5.41) is 3.18. The molecule has 0 spiro atoms. The number of aromatic nitrogens is 1. The van der Waals surface area contributed by atoms with Crippen LogP contribution in [0.1, 0.15) is 16.8 Å². The SMILES string of the molecule is Cc1ccc(-c2nc(CCN)cs2)cc1C. The molecule has 2 rings (SSSR count). The van der Waals surface area contributed by atoms with Crippen LogP contribution in [0.15, 0.2) is 23.6 Å². The Balaban J connectivity index is 2.31. The van der Waals surface area contributed by atoms with Crippen LogP contribution >= 0.6 is 11.3 Å². The van der Waals surface area contributed by atoms with Gasteiger partial charge >= 0.3 is 0 Å². The molecular formula is C13H16N2S. The van der Waals surface area contributed by atoms with Crippen molar-refractivity contribution in [2.24, 2.45) is 5.73 Å². The van der Waals surface area contributed by atoms with Gasteiger partial charge in [-0.25, -0.2) is 4.98 Å². The van der Waals surface area contributed by atoms with Crippen molar-refractivity contribution >= 4 is 11.3 Å². The predicted octanol–water partition coefficient (Wildman–Crippen LogP) is 2.93. The Bertz CT molecular complexity index is 488. The zero-order valence-electron chi connectivity index (χ0n) is 9.66. The lowest BCUT2D eigenvalue weighted by Crippen LogP contribution is -2.02. The Labute approximate surface area is 100 Å². The van der Waals surface area contributed by atoms with E-state index in [4.69, 9.17) is 5.73 Å². The van der Waals surface area contributed by atoms with Crippen LogP contribution in [0.3, 0.4) is 0 Å². The molecule has 16 heavy (non-hydrogen) atoms. The van der Waals surface area contributed by atoms with Gasteiger partial charge in [0.1, 0.15) is 5.01 Å². The summed E-state index contributed by atoms with van der Waals surface area (Å²) in [5.41, 5.74) is 10.5. The van der Waals surface area contributed by atoms with E-state index in [2.05, 4.69) is 42.4 Å². The van der Waals surface area contributed by atoms with Crippen LogP contribution in [-0.2, 0) is 6.42 Å². The zero-order valence-corrected chi connectivity index (χ0v) is 10.5. The van der Waals surface area contributed by atoms with Crippen molar-refractivity contribution in [2.45, 2.75) is 20.3 Å². The molecule has 84 valence electrons. The lowest BCUT2D eigenvalue weighted by molar-refractivity contribution is 0.936. The first-order valence-electron chi connectivity index (χ1n) is 5.43. The predicted molar refractivity (Wildman–Crippen MR) is 69.8 cm³/mol. The monoisotopic (exact) mass is 232 g/mol. The van der Waals surface area contributed by atoms with Crippen LogP contribution in [0.2, 0.25) is 0 Å².